The number of aliphatic imine (C=N–C) groups is 1. The van der Waals surface area contributed by atoms with Crippen LogP contribution in [0.4, 0.5) is 13.2 Å². The van der Waals surface area contributed by atoms with Gasteiger partial charge in [-0.2, -0.15) is 18.3 Å². The number of hydrogen-bond donors (Lipinski definition) is 3. The van der Waals surface area contributed by atoms with Crippen LogP contribution in [0.25, 0.3) is 0 Å². The van der Waals surface area contributed by atoms with E-state index in [1.165, 1.54) is 0 Å². The predicted molar refractivity (Wildman–Crippen MR) is 122 cm³/mol. The second kappa shape index (κ2) is 11.7. The maximum atomic E-state index is 12.6. The van der Waals surface area contributed by atoms with Crippen LogP contribution < -0.4 is 15.4 Å². The third-order valence-electron chi connectivity index (χ3n) is 3.98. The monoisotopic (exact) mass is 576 g/mol. The first-order chi connectivity index (χ1) is 14.0. The summed E-state index contributed by atoms with van der Waals surface area (Å²) in [4.78, 5) is 7.97. The molecule has 2 rings (SSSR count). The van der Waals surface area contributed by atoms with E-state index in [0.29, 0.717) is 24.3 Å². The first-order valence-corrected chi connectivity index (χ1v) is 9.50. The van der Waals surface area contributed by atoms with E-state index in [2.05, 4.69) is 25.7 Å². The quantitative estimate of drug-likeness (QED) is 0.194. The third-order valence-corrected chi connectivity index (χ3v) is 4.25. The van der Waals surface area contributed by atoms with Crippen molar-refractivity contribution in [2.75, 3.05) is 26.2 Å². The standard InChI is InChI=1S/C18H24ClF3N6O2.HI/c1-4-23-16(26-11-17(2,29)13-9-27-28(3)10-13)24-5-6-30-15-14(19)7-12(8-25-15)18(20,21)22;/h7-10,29H,4-6,11H2,1-3H3,(H2,23,24,26);1H. The van der Waals surface area contributed by atoms with E-state index in [4.69, 9.17) is 16.3 Å². The number of pyridine rings is 1. The fourth-order valence-corrected chi connectivity index (χ4v) is 2.59. The SMILES string of the molecule is CCNC(=NCC(C)(O)c1cnn(C)c1)NCCOc1ncc(C(F)(F)F)cc1Cl.I. The number of ether oxygens (including phenoxy) is 1. The van der Waals surface area contributed by atoms with Crippen LogP contribution in [0.5, 0.6) is 5.88 Å². The van der Waals surface area contributed by atoms with Gasteiger partial charge in [0.05, 0.1) is 24.8 Å². The molecule has 8 nitrogen and oxygen atoms in total. The Balaban J connectivity index is 0.00000480. The molecule has 0 fully saturated rings. The molecular formula is C18H25ClF3IN6O2. The van der Waals surface area contributed by atoms with Gasteiger partial charge in [0.25, 0.3) is 0 Å². The Morgan fingerprint density at radius 3 is 2.55 bits per heavy atom. The molecule has 0 spiro atoms. The molecule has 0 aliphatic heterocycles. The number of alkyl halides is 3. The van der Waals surface area contributed by atoms with Crippen LogP contribution in [-0.2, 0) is 18.8 Å². The molecule has 0 saturated carbocycles. The molecule has 0 saturated heterocycles. The summed E-state index contributed by atoms with van der Waals surface area (Å²) in [6.07, 6.45) is -0.569. The van der Waals surface area contributed by atoms with Gasteiger partial charge >= 0.3 is 6.18 Å². The highest BCUT2D eigenvalue weighted by molar-refractivity contribution is 14.0. The molecule has 3 N–H and O–H groups in total. The average Bonchev–Trinajstić information content (AvgIpc) is 3.10. The summed E-state index contributed by atoms with van der Waals surface area (Å²) >= 11 is 5.81. The van der Waals surface area contributed by atoms with Crippen molar-refractivity contribution < 1.29 is 23.0 Å². The molecule has 0 amide bonds. The largest absolute Gasteiger partial charge is 0.475 e. The van der Waals surface area contributed by atoms with E-state index >= 15 is 0 Å². The van der Waals surface area contributed by atoms with Crippen LogP contribution in [0.15, 0.2) is 29.6 Å². The molecule has 2 aromatic heterocycles. The van der Waals surface area contributed by atoms with Crippen molar-refractivity contribution in [2.24, 2.45) is 12.0 Å². The van der Waals surface area contributed by atoms with E-state index < -0.39 is 17.3 Å². The highest BCUT2D eigenvalue weighted by atomic mass is 127. The topological polar surface area (TPSA) is 96.6 Å². The summed E-state index contributed by atoms with van der Waals surface area (Å²) in [5, 5.41) is 20.5. The smallest absolute Gasteiger partial charge is 0.417 e. The molecule has 0 aliphatic rings. The van der Waals surface area contributed by atoms with Gasteiger partial charge in [-0.3, -0.25) is 4.68 Å². The van der Waals surface area contributed by atoms with Crippen molar-refractivity contribution in [2.45, 2.75) is 25.6 Å². The van der Waals surface area contributed by atoms with Crippen molar-refractivity contribution in [1.29, 1.82) is 0 Å². The van der Waals surface area contributed by atoms with Crippen LogP contribution in [-0.4, -0.2) is 52.1 Å². The van der Waals surface area contributed by atoms with Crippen molar-refractivity contribution in [3.8, 4) is 5.88 Å². The third kappa shape index (κ3) is 8.33. The van der Waals surface area contributed by atoms with Gasteiger partial charge in [-0.05, 0) is 19.9 Å². The van der Waals surface area contributed by atoms with E-state index in [-0.39, 0.29) is 54.6 Å². The highest BCUT2D eigenvalue weighted by Crippen LogP contribution is 2.33. The fraction of sp³-hybridized carbons (Fsp3) is 0.500. The van der Waals surface area contributed by atoms with Gasteiger partial charge in [-0.1, -0.05) is 11.6 Å². The normalized spacial score (nSPS) is 13.9. The van der Waals surface area contributed by atoms with Crippen LogP contribution in [0.2, 0.25) is 5.02 Å². The Morgan fingerprint density at radius 2 is 2.00 bits per heavy atom. The summed E-state index contributed by atoms with van der Waals surface area (Å²) in [6.45, 7) is 4.56. The molecule has 2 aromatic rings. The first kappa shape index (κ1) is 27.2. The molecule has 13 heteroatoms. The predicted octanol–water partition coefficient (Wildman–Crippen LogP) is 2.95. The molecule has 0 bridgehead atoms. The lowest BCUT2D eigenvalue weighted by Crippen LogP contribution is -2.40. The molecule has 1 unspecified atom stereocenters. The van der Waals surface area contributed by atoms with Crippen molar-refractivity contribution in [3.63, 3.8) is 0 Å². The highest BCUT2D eigenvalue weighted by Gasteiger charge is 2.31. The molecule has 31 heavy (non-hydrogen) atoms. The maximum Gasteiger partial charge on any atom is 0.417 e. The Hall–Kier alpha value is -1.80. The Labute approximate surface area is 200 Å². The molecule has 0 radical (unpaired) electrons. The lowest BCUT2D eigenvalue weighted by Gasteiger charge is -2.20. The van der Waals surface area contributed by atoms with Gasteiger partial charge in [-0.15, -0.1) is 24.0 Å². The Morgan fingerprint density at radius 1 is 1.29 bits per heavy atom. The number of guanidine groups is 1. The minimum atomic E-state index is -4.52. The number of rotatable bonds is 8. The number of nitrogens with zero attached hydrogens (tertiary/aromatic N) is 4. The van der Waals surface area contributed by atoms with Gasteiger partial charge < -0.3 is 20.5 Å². The number of halogens is 5. The van der Waals surface area contributed by atoms with E-state index in [0.717, 1.165) is 6.07 Å². The summed E-state index contributed by atoms with van der Waals surface area (Å²) in [5.41, 5.74) is -1.51. The average molecular weight is 577 g/mol. The second-order valence-corrected chi connectivity index (χ2v) is 7.06. The summed E-state index contributed by atoms with van der Waals surface area (Å²) in [7, 11) is 1.76. The van der Waals surface area contributed by atoms with Gasteiger partial charge in [0.2, 0.25) is 5.88 Å². The van der Waals surface area contributed by atoms with Gasteiger partial charge in [-0.25, -0.2) is 9.98 Å². The van der Waals surface area contributed by atoms with E-state index in [9.17, 15) is 18.3 Å². The van der Waals surface area contributed by atoms with Gasteiger partial charge in [0.1, 0.15) is 17.2 Å². The Bertz CT molecular complexity index is 876. The summed E-state index contributed by atoms with van der Waals surface area (Å²) < 4.78 is 44.9. The van der Waals surface area contributed by atoms with Crippen molar-refractivity contribution >= 4 is 41.5 Å². The van der Waals surface area contributed by atoms with Crippen LogP contribution in [0.3, 0.4) is 0 Å². The van der Waals surface area contributed by atoms with E-state index in [1.54, 1.807) is 31.0 Å². The van der Waals surface area contributed by atoms with Gasteiger partial charge in [0.15, 0.2) is 5.96 Å². The summed E-state index contributed by atoms with van der Waals surface area (Å²) in [5.74, 6) is 0.352. The number of aliphatic hydroxyl groups is 1. The maximum absolute atomic E-state index is 12.6. The lowest BCUT2D eigenvalue weighted by molar-refractivity contribution is -0.137. The van der Waals surface area contributed by atoms with Crippen LogP contribution in [0, 0.1) is 0 Å². The molecular weight excluding hydrogens is 552 g/mol. The zero-order valence-electron chi connectivity index (χ0n) is 17.2. The van der Waals surface area contributed by atoms with Crippen LogP contribution >= 0.6 is 35.6 Å². The lowest BCUT2D eigenvalue weighted by atomic mass is 10.0. The zero-order valence-corrected chi connectivity index (χ0v) is 20.3. The Kier molecular flexibility index (Phi) is 10.3. The van der Waals surface area contributed by atoms with Crippen molar-refractivity contribution in [1.82, 2.24) is 25.4 Å². The number of aryl methyl sites for hydroxylation is 1. The van der Waals surface area contributed by atoms with E-state index in [1.807, 2.05) is 6.92 Å². The molecule has 0 aliphatic carbocycles. The zero-order chi connectivity index (χ0) is 22.4. The number of nitrogens with one attached hydrogen (secondary N) is 2. The molecule has 2 heterocycles. The minimum absolute atomic E-state index is 0. The fourth-order valence-electron chi connectivity index (χ4n) is 2.37. The first-order valence-electron chi connectivity index (χ1n) is 9.12. The molecule has 174 valence electrons. The second-order valence-electron chi connectivity index (χ2n) is 6.66. The molecule has 0 aromatic carbocycles. The molecule has 1 atom stereocenters. The number of aromatic nitrogens is 3. The summed E-state index contributed by atoms with van der Waals surface area (Å²) in [6, 6.07) is 0.767. The minimum Gasteiger partial charge on any atom is -0.475 e. The van der Waals surface area contributed by atoms with Crippen LogP contribution in [0.1, 0.15) is 25.0 Å². The number of hydrogen-bond acceptors (Lipinski definition) is 5. The van der Waals surface area contributed by atoms with Crippen molar-refractivity contribution in [3.05, 3.63) is 40.8 Å². The van der Waals surface area contributed by atoms with Gasteiger partial charge in [0, 0.05) is 31.5 Å².